The second kappa shape index (κ2) is 6.91. The maximum Gasteiger partial charge on any atom is 0.381 e. The lowest BCUT2D eigenvalue weighted by Gasteiger charge is -2.34. The van der Waals surface area contributed by atoms with Gasteiger partial charge in [0.15, 0.2) is 19.0 Å². The third-order valence-corrected chi connectivity index (χ3v) is 2.35. The standard InChI is InChI=1S/C4H5NO2.C4H9NO2.C3H4O2/c1-5-4(6)2-7-3-4;5-1-4(6)2-7-3-4;4-3-1-5-2-3/h6H,2-3H2;6H,1-3,5H2;1-2H2/i;1D2;. The van der Waals surface area contributed by atoms with E-state index >= 15 is 0 Å². The van der Waals surface area contributed by atoms with Crippen molar-refractivity contribution in [2.75, 3.05) is 46.1 Å². The van der Waals surface area contributed by atoms with Crippen molar-refractivity contribution in [2.24, 2.45) is 5.73 Å². The number of carbonyl (C=O) groups excluding carboxylic acids is 1. The minimum absolute atomic E-state index is 0.00347. The fourth-order valence-corrected chi connectivity index (χ4v) is 0.913. The smallest absolute Gasteiger partial charge is 0.381 e. The van der Waals surface area contributed by atoms with Gasteiger partial charge in [-0.1, -0.05) is 0 Å². The van der Waals surface area contributed by atoms with Gasteiger partial charge in [-0.05, 0) is 0 Å². The SMILES string of the molecule is O=C1COC1.[2H]C([2H])(N)C1(O)COC1.[C-]#[N+]C1(O)COC1. The number of hydrogen-bond acceptors (Lipinski definition) is 7. The van der Waals surface area contributed by atoms with Crippen molar-refractivity contribution in [1.29, 1.82) is 0 Å². The predicted octanol–water partition coefficient (Wildman–Crippen LogP) is -2.08. The molecule has 0 aromatic carbocycles. The van der Waals surface area contributed by atoms with Gasteiger partial charge in [-0.3, -0.25) is 9.64 Å². The summed E-state index contributed by atoms with van der Waals surface area (Å²) in [7, 11) is 0. The average molecular weight is 276 g/mol. The Bertz CT molecular complexity index is 406. The number of hydrogen-bond donors (Lipinski definition) is 3. The van der Waals surface area contributed by atoms with Gasteiger partial charge in [0.1, 0.15) is 18.8 Å². The Hall–Kier alpha value is -1.08. The summed E-state index contributed by atoms with van der Waals surface area (Å²) >= 11 is 0. The first-order chi connectivity index (χ1) is 9.62. The van der Waals surface area contributed by atoms with Crippen LogP contribution in [0.15, 0.2) is 0 Å². The second-order valence-electron chi connectivity index (χ2n) is 4.29. The van der Waals surface area contributed by atoms with Crippen molar-refractivity contribution >= 4 is 5.78 Å². The van der Waals surface area contributed by atoms with E-state index in [0.717, 1.165) is 0 Å². The molecule has 0 amide bonds. The first kappa shape index (κ1) is 12.9. The molecule has 8 nitrogen and oxygen atoms in total. The molecular weight excluding hydrogens is 256 g/mol. The lowest BCUT2D eigenvalue weighted by atomic mass is 10.0. The second-order valence-corrected chi connectivity index (χ2v) is 4.29. The quantitative estimate of drug-likeness (QED) is 0.470. The molecule has 8 heteroatoms. The molecule has 0 bridgehead atoms. The highest BCUT2D eigenvalue weighted by atomic mass is 16.5. The normalized spacial score (nSPS) is 27.2. The van der Waals surface area contributed by atoms with Crippen LogP contribution in [0.3, 0.4) is 0 Å². The fourth-order valence-electron chi connectivity index (χ4n) is 0.913. The van der Waals surface area contributed by atoms with Crippen molar-refractivity contribution in [1.82, 2.24) is 0 Å². The van der Waals surface area contributed by atoms with E-state index in [-0.39, 0.29) is 32.2 Å². The topological polar surface area (TPSA) is 116 Å². The molecule has 0 radical (unpaired) electrons. The third-order valence-electron chi connectivity index (χ3n) is 2.35. The summed E-state index contributed by atoms with van der Waals surface area (Å²) in [5, 5.41) is 17.9. The molecule has 0 aromatic rings. The van der Waals surface area contributed by atoms with Crippen LogP contribution in [-0.2, 0) is 19.0 Å². The zero-order valence-corrected chi connectivity index (χ0v) is 10.3. The summed E-state index contributed by atoms with van der Waals surface area (Å²) in [6.07, 6.45) is 0. The summed E-state index contributed by atoms with van der Waals surface area (Å²) in [5.74, 6) is 0.213. The van der Waals surface area contributed by atoms with Gasteiger partial charge in [0, 0.05) is 9.24 Å². The average Bonchev–Trinajstić information content (AvgIpc) is 2.30. The van der Waals surface area contributed by atoms with Gasteiger partial charge in [0.05, 0.1) is 13.2 Å². The highest BCUT2D eigenvalue weighted by Gasteiger charge is 2.43. The van der Waals surface area contributed by atoms with Gasteiger partial charge >= 0.3 is 5.72 Å². The fraction of sp³-hybridized carbons (Fsp3) is 0.818. The van der Waals surface area contributed by atoms with Crippen LogP contribution >= 0.6 is 0 Å². The molecule has 3 rings (SSSR count). The molecule has 3 saturated heterocycles. The van der Waals surface area contributed by atoms with E-state index in [1.807, 2.05) is 0 Å². The maximum atomic E-state index is 9.77. The lowest BCUT2D eigenvalue weighted by Crippen LogP contribution is -2.54. The Morgan fingerprint density at radius 2 is 1.74 bits per heavy atom. The van der Waals surface area contributed by atoms with Crippen molar-refractivity contribution in [3.05, 3.63) is 11.4 Å². The number of nitrogens with zero attached hydrogens (tertiary/aromatic N) is 1. The minimum Gasteiger partial charge on any atom is -0.384 e. The van der Waals surface area contributed by atoms with Crippen molar-refractivity contribution in [3.8, 4) is 0 Å². The largest absolute Gasteiger partial charge is 0.384 e. The number of Topliss-reactive ketones (excluding diaryl/α,β-unsaturated/α-hetero) is 1. The van der Waals surface area contributed by atoms with Gasteiger partial charge in [-0.15, -0.1) is 0 Å². The molecular formula is C11H18N2O6. The number of ether oxygens (including phenoxy) is 3. The van der Waals surface area contributed by atoms with Gasteiger partial charge < -0.3 is 30.2 Å². The zero-order valence-electron chi connectivity index (χ0n) is 12.3. The van der Waals surface area contributed by atoms with Crippen LogP contribution in [0.1, 0.15) is 2.74 Å². The number of aliphatic hydroxyl groups is 2. The van der Waals surface area contributed by atoms with Gasteiger partial charge in [0.25, 0.3) is 0 Å². The highest BCUT2D eigenvalue weighted by molar-refractivity contribution is 5.84. The number of rotatable bonds is 1. The number of ketones is 1. The van der Waals surface area contributed by atoms with E-state index in [2.05, 4.69) is 19.1 Å². The molecule has 0 spiro atoms. The molecule has 3 aliphatic rings. The first-order valence-corrected chi connectivity index (χ1v) is 5.49. The highest BCUT2D eigenvalue weighted by Crippen LogP contribution is 2.16. The van der Waals surface area contributed by atoms with Crippen LogP contribution in [0.4, 0.5) is 0 Å². The zero-order chi connectivity index (χ0) is 16.1. The summed E-state index contributed by atoms with van der Waals surface area (Å²) in [5.41, 5.74) is 2.36. The molecule has 108 valence electrons. The number of nitrogens with two attached hydrogens (primary N) is 1. The van der Waals surface area contributed by atoms with Crippen LogP contribution in [0.2, 0.25) is 0 Å². The van der Waals surface area contributed by atoms with E-state index < -0.39 is 17.8 Å². The predicted molar refractivity (Wildman–Crippen MR) is 63.0 cm³/mol. The molecule has 0 unspecified atom stereocenters. The molecule has 0 aliphatic carbocycles. The van der Waals surface area contributed by atoms with Gasteiger partial charge in [-0.2, -0.15) is 0 Å². The summed E-state index contributed by atoms with van der Waals surface area (Å²) in [6, 6.07) is 0. The van der Waals surface area contributed by atoms with E-state index in [1.54, 1.807) is 0 Å². The van der Waals surface area contributed by atoms with E-state index in [0.29, 0.717) is 13.2 Å². The van der Waals surface area contributed by atoms with Crippen molar-refractivity contribution < 1.29 is 32.0 Å². The molecule has 3 heterocycles. The summed E-state index contributed by atoms with van der Waals surface area (Å²) in [6.45, 7) is 5.36. The molecule has 0 aromatic heterocycles. The monoisotopic (exact) mass is 276 g/mol. The Morgan fingerprint density at radius 3 is 1.74 bits per heavy atom. The van der Waals surface area contributed by atoms with E-state index in [4.69, 9.17) is 25.3 Å². The third kappa shape index (κ3) is 5.20. The van der Waals surface area contributed by atoms with E-state index in [9.17, 15) is 4.79 Å². The van der Waals surface area contributed by atoms with E-state index in [1.165, 1.54) is 0 Å². The van der Waals surface area contributed by atoms with Crippen LogP contribution < -0.4 is 5.73 Å². The minimum atomic E-state index is -2.04. The van der Waals surface area contributed by atoms with Gasteiger partial charge in [0.2, 0.25) is 0 Å². The van der Waals surface area contributed by atoms with Crippen LogP contribution in [0.25, 0.3) is 4.85 Å². The first-order valence-electron chi connectivity index (χ1n) is 6.49. The Morgan fingerprint density at radius 1 is 1.26 bits per heavy atom. The Balaban J connectivity index is 0.000000164. The molecule has 3 fully saturated rings. The summed E-state index contributed by atoms with van der Waals surface area (Å²) in [4.78, 5) is 12.7. The maximum absolute atomic E-state index is 9.77. The lowest BCUT2D eigenvalue weighted by molar-refractivity contribution is -0.171. The molecule has 3 aliphatic heterocycles. The van der Waals surface area contributed by atoms with Crippen LogP contribution in [-0.4, -0.2) is 73.5 Å². The summed E-state index contributed by atoms with van der Waals surface area (Å²) < 4.78 is 27.4. The number of carbonyl (C=O) groups is 1. The molecule has 4 N–H and O–H groups in total. The Labute approximate surface area is 113 Å². The molecule has 19 heavy (non-hydrogen) atoms. The van der Waals surface area contributed by atoms with Crippen molar-refractivity contribution in [3.63, 3.8) is 0 Å². The van der Waals surface area contributed by atoms with Crippen molar-refractivity contribution in [2.45, 2.75) is 11.3 Å². The Kier molecular flexibility index (Phi) is 4.70. The van der Waals surface area contributed by atoms with Crippen LogP contribution in [0, 0.1) is 6.57 Å². The van der Waals surface area contributed by atoms with Gasteiger partial charge in [-0.25, -0.2) is 6.57 Å². The van der Waals surface area contributed by atoms with Crippen LogP contribution in [0.5, 0.6) is 0 Å². The molecule has 0 atom stereocenters. The molecule has 0 saturated carbocycles.